The van der Waals surface area contributed by atoms with Crippen LogP contribution in [0, 0.1) is 24.7 Å². The highest BCUT2D eigenvalue weighted by molar-refractivity contribution is 6.31. The molecule has 2 aromatic carbocycles. The van der Waals surface area contributed by atoms with Crippen LogP contribution in [0.25, 0.3) is 0 Å². The molecule has 1 N–H and O–H groups in total. The van der Waals surface area contributed by atoms with Crippen LogP contribution < -0.4 is 5.32 Å². The number of carbonyl (C=O) groups is 3. The zero-order valence-electron chi connectivity index (χ0n) is 20.1. The van der Waals surface area contributed by atoms with Gasteiger partial charge >= 0.3 is 11.9 Å². The molecule has 1 amide bonds. The van der Waals surface area contributed by atoms with Gasteiger partial charge in [0.15, 0.2) is 6.61 Å². The van der Waals surface area contributed by atoms with E-state index in [-0.39, 0.29) is 23.1 Å². The monoisotopic (exact) mass is 485 g/mol. The molecule has 1 fully saturated rings. The summed E-state index contributed by atoms with van der Waals surface area (Å²) in [4.78, 5) is 38.1. The van der Waals surface area contributed by atoms with Crippen molar-refractivity contribution in [1.29, 1.82) is 0 Å². The number of amides is 1. The molecule has 0 aliphatic heterocycles. The number of halogens is 1. The number of anilines is 1. The number of benzene rings is 2. The van der Waals surface area contributed by atoms with Crippen LogP contribution in [0.15, 0.2) is 42.5 Å². The number of nitrogens with one attached hydrogen (secondary N) is 1. The predicted octanol–water partition coefficient (Wildman–Crippen LogP) is 6.06. The van der Waals surface area contributed by atoms with Crippen LogP contribution in [0.5, 0.6) is 0 Å². The van der Waals surface area contributed by atoms with E-state index in [1.54, 1.807) is 43.3 Å². The maximum Gasteiger partial charge on any atom is 0.339 e. The van der Waals surface area contributed by atoms with Crippen LogP contribution in [0.2, 0.25) is 5.02 Å². The number of carbonyl (C=O) groups excluding carboxylic acids is 3. The minimum atomic E-state index is -0.761. The summed E-state index contributed by atoms with van der Waals surface area (Å²) in [5.74, 6) is -0.645. The molecule has 0 unspecified atom stereocenters. The lowest BCUT2D eigenvalue weighted by molar-refractivity contribution is -0.119. The molecule has 7 heteroatoms. The third-order valence-corrected chi connectivity index (χ3v) is 6.87. The van der Waals surface area contributed by atoms with Crippen LogP contribution in [-0.4, -0.2) is 30.6 Å². The second kappa shape index (κ2) is 11.5. The lowest BCUT2D eigenvalue weighted by atomic mass is 9.75. The Balaban J connectivity index is 1.65. The minimum Gasteiger partial charge on any atom is -0.458 e. The second-order valence-corrected chi connectivity index (χ2v) is 9.76. The number of hydrogen-bond acceptors (Lipinski definition) is 5. The molecule has 1 aliphatic carbocycles. The summed E-state index contributed by atoms with van der Waals surface area (Å²) >= 11 is 6.08. The fraction of sp³-hybridized carbons (Fsp3) is 0.444. The average molecular weight is 486 g/mol. The van der Waals surface area contributed by atoms with Crippen LogP contribution in [0.4, 0.5) is 5.69 Å². The quantitative estimate of drug-likeness (QED) is 0.482. The molecule has 3 atom stereocenters. The van der Waals surface area contributed by atoms with Gasteiger partial charge in [-0.25, -0.2) is 9.59 Å². The Morgan fingerprint density at radius 3 is 2.38 bits per heavy atom. The van der Waals surface area contributed by atoms with E-state index >= 15 is 0 Å². The summed E-state index contributed by atoms with van der Waals surface area (Å²) in [6, 6.07) is 11.5. The molecule has 0 heterocycles. The predicted molar refractivity (Wildman–Crippen MR) is 132 cm³/mol. The van der Waals surface area contributed by atoms with Crippen LogP contribution in [-0.2, 0) is 14.3 Å². The Kier molecular flexibility index (Phi) is 8.72. The normalized spacial score (nSPS) is 20.0. The van der Waals surface area contributed by atoms with Crippen LogP contribution in [0.1, 0.15) is 66.3 Å². The van der Waals surface area contributed by atoms with Crippen LogP contribution in [0.3, 0.4) is 0 Å². The Bertz CT molecular complexity index is 1050. The first-order valence-electron chi connectivity index (χ1n) is 11.7. The fourth-order valence-corrected chi connectivity index (χ4v) is 4.60. The molecule has 1 aliphatic rings. The highest BCUT2D eigenvalue weighted by atomic mass is 35.5. The molecule has 182 valence electrons. The summed E-state index contributed by atoms with van der Waals surface area (Å²) in [7, 11) is 0. The Labute approximate surface area is 206 Å². The zero-order chi connectivity index (χ0) is 24.8. The van der Waals surface area contributed by atoms with Gasteiger partial charge in [-0.1, -0.05) is 57.0 Å². The average Bonchev–Trinajstić information content (AvgIpc) is 2.80. The van der Waals surface area contributed by atoms with Crippen molar-refractivity contribution in [1.82, 2.24) is 0 Å². The fourth-order valence-electron chi connectivity index (χ4n) is 4.43. The van der Waals surface area contributed by atoms with E-state index in [0.29, 0.717) is 28.1 Å². The summed E-state index contributed by atoms with van der Waals surface area (Å²) in [5, 5.41) is 3.20. The van der Waals surface area contributed by atoms with E-state index in [9.17, 15) is 14.4 Å². The maximum atomic E-state index is 13.0. The molecule has 0 radical (unpaired) electrons. The van der Waals surface area contributed by atoms with Gasteiger partial charge in [0, 0.05) is 10.7 Å². The second-order valence-electron chi connectivity index (χ2n) is 9.35. The van der Waals surface area contributed by atoms with Gasteiger partial charge in [-0.2, -0.15) is 0 Å². The summed E-state index contributed by atoms with van der Waals surface area (Å²) in [5.41, 5.74) is 1.47. The van der Waals surface area contributed by atoms with Crippen molar-refractivity contribution in [2.24, 2.45) is 17.8 Å². The van der Waals surface area contributed by atoms with Gasteiger partial charge in [-0.15, -0.1) is 0 Å². The minimum absolute atomic E-state index is 0.0733. The van der Waals surface area contributed by atoms with Crippen molar-refractivity contribution in [2.45, 2.75) is 53.1 Å². The van der Waals surface area contributed by atoms with Crippen LogP contribution >= 0.6 is 11.6 Å². The van der Waals surface area contributed by atoms with Crippen molar-refractivity contribution in [3.8, 4) is 0 Å². The molecular formula is C27H32ClNO5. The molecule has 0 saturated heterocycles. The van der Waals surface area contributed by atoms with Gasteiger partial charge in [-0.3, -0.25) is 4.79 Å². The lowest BCUT2D eigenvalue weighted by Gasteiger charge is -2.36. The molecule has 0 aromatic heterocycles. The molecule has 1 saturated carbocycles. The van der Waals surface area contributed by atoms with E-state index in [2.05, 4.69) is 26.1 Å². The van der Waals surface area contributed by atoms with E-state index in [4.69, 9.17) is 21.1 Å². The van der Waals surface area contributed by atoms with E-state index in [0.717, 1.165) is 19.3 Å². The van der Waals surface area contributed by atoms with Gasteiger partial charge in [0.1, 0.15) is 6.10 Å². The Morgan fingerprint density at radius 1 is 1.03 bits per heavy atom. The largest absolute Gasteiger partial charge is 0.458 e. The standard InChI is InChI=1S/C27H32ClNO5/c1-16(2)19-13-12-17(3)14-24(19)34-27(32)21-9-6-5-8-20(21)26(31)33-15-25(30)29-23-11-7-10-22(28)18(23)4/h5-11,16-17,19,24H,12-15H2,1-4H3,(H,29,30)/t17-,19+,24+/m0/s1. The van der Waals surface area contributed by atoms with Gasteiger partial charge in [0.05, 0.1) is 11.1 Å². The highest BCUT2D eigenvalue weighted by Crippen LogP contribution is 2.36. The first-order chi connectivity index (χ1) is 16.2. The third kappa shape index (κ3) is 6.38. The van der Waals surface area contributed by atoms with Gasteiger partial charge in [0.2, 0.25) is 0 Å². The Hall–Kier alpha value is -2.86. The SMILES string of the molecule is Cc1c(Cl)cccc1NC(=O)COC(=O)c1ccccc1C(=O)O[C@@H]1C[C@@H](C)CC[C@@H]1C(C)C. The number of rotatable bonds is 7. The molecule has 3 rings (SSSR count). The number of ether oxygens (including phenoxy) is 2. The van der Waals surface area contributed by atoms with E-state index in [1.165, 1.54) is 6.07 Å². The summed E-state index contributed by atoms with van der Waals surface area (Å²) in [6.45, 7) is 7.73. The first-order valence-corrected chi connectivity index (χ1v) is 12.1. The van der Waals surface area contributed by atoms with Crippen molar-refractivity contribution < 1.29 is 23.9 Å². The summed E-state index contributed by atoms with van der Waals surface area (Å²) in [6.07, 6.45) is 2.76. The van der Waals surface area contributed by atoms with Gasteiger partial charge in [0.25, 0.3) is 5.91 Å². The maximum absolute atomic E-state index is 13.0. The molecule has 6 nitrogen and oxygen atoms in total. The topological polar surface area (TPSA) is 81.7 Å². The van der Waals surface area contributed by atoms with Crippen molar-refractivity contribution in [3.05, 3.63) is 64.2 Å². The summed E-state index contributed by atoms with van der Waals surface area (Å²) < 4.78 is 11.1. The molecule has 0 bridgehead atoms. The number of esters is 2. The van der Waals surface area contributed by atoms with Gasteiger partial charge in [-0.05, 0) is 67.3 Å². The van der Waals surface area contributed by atoms with E-state index in [1.807, 2.05) is 0 Å². The van der Waals surface area contributed by atoms with Crippen molar-refractivity contribution >= 4 is 35.1 Å². The Morgan fingerprint density at radius 2 is 1.71 bits per heavy atom. The molecule has 2 aromatic rings. The molecular weight excluding hydrogens is 454 g/mol. The number of hydrogen-bond donors (Lipinski definition) is 1. The van der Waals surface area contributed by atoms with Crippen molar-refractivity contribution in [2.75, 3.05) is 11.9 Å². The zero-order valence-corrected chi connectivity index (χ0v) is 20.9. The highest BCUT2D eigenvalue weighted by Gasteiger charge is 2.34. The van der Waals surface area contributed by atoms with Crippen molar-refractivity contribution in [3.63, 3.8) is 0 Å². The van der Waals surface area contributed by atoms with Gasteiger partial charge < -0.3 is 14.8 Å². The molecule has 34 heavy (non-hydrogen) atoms. The van der Waals surface area contributed by atoms with E-state index < -0.39 is 24.5 Å². The molecule has 0 spiro atoms. The first kappa shape index (κ1) is 25.8. The third-order valence-electron chi connectivity index (χ3n) is 6.46. The smallest absolute Gasteiger partial charge is 0.339 e. The lowest BCUT2D eigenvalue weighted by Crippen LogP contribution is -2.36.